The molecule has 2 atom stereocenters. The first-order valence-corrected chi connectivity index (χ1v) is 6.84. The minimum absolute atomic E-state index is 0.0301. The maximum atomic E-state index is 13.0. The molecule has 1 aliphatic rings. The molecule has 0 amide bonds. The molecule has 1 fully saturated rings. The fourth-order valence-corrected chi connectivity index (χ4v) is 2.84. The zero-order valence-electron chi connectivity index (χ0n) is 10.6. The molecular weight excluding hydrogens is 339 g/mol. The Kier molecular flexibility index (Phi) is 4.00. The highest BCUT2D eigenvalue weighted by Crippen LogP contribution is 2.40. The predicted molar refractivity (Wildman–Crippen MR) is 71.6 cm³/mol. The first kappa shape index (κ1) is 15.2. The third-order valence-corrected chi connectivity index (χ3v) is 4.03. The lowest BCUT2D eigenvalue weighted by Gasteiger charge is -2.23. The van der Waals surface area contributed by atoms with Crippen LogP contribution >= 0.6 is 15.9 Å². The Morgan fingerprint density at radius 2 is 2.05 bits per heavy atom. The molecule has 2 unspecified atom stereocenters. The van der Waals surface area contributed by atoms with Crippen molar-refractivity contribution in [3.8, 4) is 0 Å². The van der Waals surface area contributed by atoms with Gasteiger partial charge in [0.15, 0.2) is 0 Å². The van der Waals surface area contributed by atoms with Crippen molar-refractivity contribution in [2.45, 2.75) is 13.1 Å². The summed E-state index contributed by atoms with van der Waals surface area (Å²) in [7, 11) is 0. The molecule has 0 saturated carbocycles. The fraction of sp³-hybridized carbons (Fsp3) is 0.462. The molecule has 7 heteroatoms. The topological polar surface area (TPSA) is 40.5 Å². The number of rotatable bonds is 2. The number of hydrogen-bond donors (Lipinski definition) is 1. The Bertz CT molecular complexity index is 533. The Morgan fingerprint density at radius 3 is 2.55 bits per heavy atom. The van der Waals surface area contributed by atoms with Gasteiger partial charge in [-0.15, -0.1) is 0 Å². The van der Waals surface area contributed by atoms with Gasteiger partial charge >= 0.3 is 12.1 Å². The molecule has 3 nitrogen and oxygen atoms in total. The monoisotopic (exact) mass is 351 g/mol. The van der Waals surface area contributed by atoms with E-state index in [4.69, 9.17) is 5.11 Å². The molecule has 0 spiro atoms. The van der Waals surface area contributed by atoms with Crippen LogP contribution in [0.25, 0.3) is 0 Å². The first-order chi connectivity index (χ1) is 9.20. The van der Waals surface area contributed by atoms with Crippen LogP contribution < -0.4 is 4.90 Å². The average Bonchev–Trinajstić information content (AvgIpc) is 2.69. The summed E-state index contributed by atoms with van der Waals surface area (Å²) < 4.78 is 39.6. The van der Waals surface area contributed by atoms with Crippen molar-refractivity contribution >= 4 is 27.6 Å². The van der Waals surface area contributed by atoms with E-state index in [9.17, 15) is 18.0 Å². The van der Waals surface area contributed by atoms with Crippen molar-refractivity contribution in [1.82, 2.24) is 0 Å². The molecule has 0 bridgehead atoms. The summed E-state index contributed by atoms with van der Waals surface area (Å²) in [6, 6.07) is 3.73. The maximum Gasteiger partial charge on any atom is 0.418 e. The molecule has 0 aromatic heterocycles. The van der Waals surface area contributed by atoms with E-state index in [0.29, 0.717) is 11.0 Å². The van der Waals surface area contributed by atoms with Crippen LogP contribution in [0.3, 0.4) is 0 Å². The van der Waals surface area contributed by atoms with Crippen molar-refractivity contribution in [1.29, 1.82) is 0 Å². The molecule has 2 rings (SSSR count). The normalized spacial score (nSPS) is 23.1. The van der Waals surface area contributed by atoms with Gasteiger partial charge in [0.2, 0.25) is 0 Å². The van der Waals surface area contributed by atoms with E-state index in [1.807, 2.05) is 0 Å². The minimum atomic E-state index is -4.46. The van der Waals surface area contributed by atoms with Crippen molar-refractivity contribution in [2.75, 3.05) is 18.0 Å². The molecule has 1 aliphatic heterocycles. The number of carbonyl (C=O) groups is 1. The van der Waals surface area contributed by atoms with Crippen molar-refractivity contribution < 1.29 is 23.1 Å². The second-order valence-corrected chi connectivity index (χ2v) is 5.90. The first-order valence-electron chi connectivity index (χ1n) is 6.04. The molecule has 20 heavy (non-hydrogen) atoms. The lowest BCUT2D eigenvalue weighted by atomic mass is 9.99. The highest BCUT2D eigenvalue weighted by molar-refractivity contribution is 9.10. The largest absolute Gasteiger partial charge is 0.481 e. The van der Waals surface area contributed by atoms with Crippen molar-refractivity contribution in [3.05, 3.63) is 28.2 Å². The quantitative estimate of drug-likeness (QED) is 0.884. The van der Waals surface area contributed by atoms with Gasteiger partial charge in [-0.05, 0) is 24.1 Å². The zero-order valence-corrected chi connectivity index (χ0v) is 12.2. The Morgan fingerprint density at radius 1 is 1.40 bits per heavy atom. The summed E-state index contributed by atoms with van der Waals surface area (Å²) >= 11 is 3.16. The van der Waals surface area contributed by atoms with Gasteiger partial charge in [-0.25, -0.2) is 0 Å². The molecule has 1 N–H and O–H groups in total. The summed E-state index contributed by atoms with van der Waals surface area (Å²) in [5.41, 5.74) is -0.707. The zero-order chi connectivity index (χ0) is 15.1. The second kappa shape index (κ2) is 5.27. The van der Waals surface area contributed by atoms with Crippen LogP contribution in [0.1, 0.15) is 12.5 Å². The van der Waals surface area contributed by atoms with E-state index in [-0.39, 0.29) is 18.2 Å². The summed E-state index contributed by atoms with van der Waals surface area (Å²) in [4.78, 5) is 12.6. The minimum Gasteiger partial charge on any atom is -0.481 e. The van der Waals surface area contributed by atoms with Crippen molar-refractivity contribution in [3.63, 3.8) is 0 Å². The smallest absolute Gasteiger partial charge is 0.418 e. The van der Waals surface area contributed by atoms with Crippen LogP contribution in [0.2, 0.25) is 0 Å². The summed E-state index contributed by atoms with van der Waals surface area (Å²) in [6.07, 6.45) is -4.46. The lowest BCUT2D eigenvalue weighted by Crippen LogP contribution is -2.25. The number of halogens is 4. The SMILES string of the molecule is CC1CN(c2cc(Br)ccc2C(F)(F)F)CC1C(=O)O. The van der Waals surface area contributed by atoms with Gasteiger partial charge in [0.05, 0.1) is 17.2 Å². The highest BCUT2D eigenvalue weighted by Gasteiger charge is 2.40. The number of aliphatic carboxylic acids is 1. The predicted octanol–water partition coefficient (Wildman–Crippen LogP) is 3.62. The number of nitrogens with zero attached hydrogens (tertiary/aromatic N) is 1. The van der Waals surface area contributed by atoms with Gasteiger partial charge in [-0.2, -0.15) is 13.2 Å². The molecule has 110 valence electrons. The van der Waals surface area contributed by atoms with Crippen LogP contribution in [0.4, 0.5) is 18.9 Å². The van der Waals surface area contributed by atoms with E-state index in [1.54, 1.807) is 6.92 Å². The van der Waals surface area contributed by atoms with Gasteiger partial charge < -0.3 is 10.0 Å². The van der Waals surface area contributed by atoms with Crippen LogP contribution in [0.5, 0.6) is 0 Å². The molecule has 0 aliphatic carbocycles. The molecule has 0 radical (unpaired) electrons. The van der Waals surface area contributed by atoms with Gasteiger partial charge in [0, 0.05) is 17.6 Å². The summed E-state index contributed by atoms with van der Waals surface area (Å²) in [5.74, 6) is -1.80. The Balaban J connectivity index is 2.38. The van der Waals surface area contributed by atoms with E-state index in [0.717, 1.165) is 6.07 Å². The van der Waals surface area contributed by atoms with Gasteiger partial charge in [0.25, 0.3) is 0 Å². The number of anilines is 1. The van der Waals surface area contributed by atoms with Crippen LogP contribution in [-0.4, -0.2) is 24.2 Å². The van der Waals surface area contributed by atoms with Crippen LogP contribution in [0, 0.1) is 11.8 Å². The molecular formula is C13H13BrF3NO2. The van der Waals surface area contributed by atoms with Gasteiger partial charge in [-0.3, -0.25) is 4.79 Å². The molecule has 1 saturated heterocycles. The maximum absolute atomic E-state index is 13.0. The summed E-state index contributed by atoms with van der Waals surface area (Å²) in [5, 5.41) is 9.07. The van der Waals surface area contributed by atoms with E-state index < -0.39 is 23.6 Å². The van der Waals surface area contributed by atoms with Gasteiger partial charge in [0.1, 0.15) is 0 Å². The second-order valence-electron chi connectivity index (χ2n) is 4.99. The van der Waals surface area contributed by atoms with E-state index in [1.165, 1.54) is 17.0 Å². The Labute approximate surface area is 122 Å². The van der Waals surface area contributed by atoms with E-state index in [2.05, 4.69) is 15.9 Å². The number of alkyl halides is 3. The van der Waals surface area contributed by atoms with Crippen molar-refractivity contribution in [2.24, 2.45) is 11.8 Å². The number of hydrogen-bond acceptors (Lipinski definition) is 2. The fourth-order valence-electron chi connectivity index (χ4n) is 2.49. The highest BCUT2D eigenvalue weighted by atomic mass is 79.9. The molecule has 1 aromatic carbocycles. The van der Waals surface area contributed by atoms with Crippen LogP contribution in [-0.2, 0) is 11.0 Å². The Hall–Kier alpha value is -1.24. The third kappa shape index (κ3) is 2.92. The number of benzene rings is 1. The third-order valence-electron chi connectivity index (χ3n) is 3.54. The number of carboxylic acid groups (broad SMARTS) is 1. The molecule has 1 heterocycles. The summed E-state index contributed by atoms with van der Waals surface area (Å²) in [6.45, 7) is 2.14. The molecule has 1 aromatic rings. The number of carboxylic acids is 1. The van der Waals surface area contributed by atoms with Gasteiger partial charge in [-0.1, -0.05) is 22.9 Å². The van der Waals surface area contributed by atoms with Crippen LogP contribution in [0.15, 0.2) is 22.7 Å². The van der Waals surface area contributed by atoms with E-state index >= 15 is 0 Å². The standard InChI is InChI=1S/C13H13BrF3NO2/c1-7-5-18(6-9(7)12(19)20)11-4-8(14)2-3-10(11)13(15,16)17/h2-4,7,9H,5-6H2,1H3,(H,19,20). The average molecular weight is 352 g/mol. The lowest BCUT2D eigenvalue weighted by molar-refractivity contribution is -0.142.